The summed E-state index contributed by atoms with van der Waals surface area (Å²) < 4.78 is 0. The van der Waals surface area contributed by atoms with Gasteiger partial charge in [-0.15, -0.1) is 0 Å². The topological polar surface area (TPSA) is 32.3 Å². The van der Waals surface area contributed by atoms with Gasteiger partial charge in [0, 0.05) is 17.5 Å². The Labute approximate surface area is 171 Å². The van der Waals surface area contributed by atoms with Gasteiger partial charge in [0.25, 0.3) is 0 Å². The maximum absolute atomic E-state index is 12.3. The first kappa shape index (κ1) is 20.0. The van der Waals surface area contributed by atoms with Crippen LogP contribution in [0.2, 0.25) is 6.82 Å². The van der Waals surface area contributed by atoms with E-state index in [0.29, 0.717) is 6.04 Å². The van der Waals surface area contributed by atoms with Gasteiger partial charge in [0.2, 0.25) is 7.28 Å². The van der Waals surface area contributed by atoms with Crippen molar-refractivity contribution in [1.29, 1.82) is 0 Å². The molecule has 1 aromatic carbocycles. The molecule has 28 heavy (non-hydrogen) atoms. The highest BCUT2D eigenvalue weighted by molar-refractivity contribution is 6.72. The predicted octanol–water partition coefficient (Wildman–Crippen LogP) is 4.46. The zero-order valence-corrected chi connectivity index (χ0v) is 18.8. The Kier molecular flexibility index (Phi) is 4.54. The Morgan fingerprint density at radius 1 is 1.21 bits per heavy atom. The minimum absolute atomic E-state index is 0.00803. The summed E-state index contributed by atoms with van der Waals surface area (Å²) >= 11 is 0. The van der Waals surface area contributed by atoms with Crippen molar-refractivity contribution in [2.24, 2.45) is 10.8 Å². The minimum Gasteiger partial charge on any atom is -0.362 e. The average molecular weight is 379 g/mol. The molecule has 2 bridgehead atoms. The Hall–Kier alpha value is -1.29. The lowest BCUT2D eigenvalue weighted by atomic mass is 9.36. The molecule has 1 saturated carbocycles. The molecule has 3 nitrogen and oxygen atoms in total. The molecule has 4 atom stereocenters. The molecule has 1 amide bonds. The van der Waals surface area contributed by atoms with Crippen molar-refractivity contribution < 1.29 is 4.79 Å². The van der Waals surface area contributed by atoms with Crippen LogP contribution in [0.1, 0.15) is 62.3 Å². The molecule has 2 unspecified atom stereocenters. The second-order valence-corrected chi connectivity index (χ2v) is 10.4. The van der Waals surface area contributed by atoms with E-state index in [0.717, 1.165) is 19.4 Å². The highest BCUT2D eigenvalue weighted by Gasteiger charge is 2.69. The van der Waals surface area contributed by atoms with Gasteiger partial charge in [-0.1, -0.05) is 39.7 Å². The van der Waals surface area contributed by atoms with E-state index in [1.54, 1.807) is 18.4 Å². The Morgan fingerprint density at radius 2 is 1.93 bits per heavy atom. The van der Waals surface area contributed by atoms with Gasteiger partial charge in [-0.3, -0.25) is 4.79 Å². The van der Waals surface area contributed by atoms with Crippen molar-refractivity contribution >= 4 is 13.1 Å². The van der Waals surface area contributed by atoms with Crippen molar-refractivity contribution in [3.8, 4) is 0 Å². The predicted molar refractivity (Wildman–Crippen MR) is 117 cm³/mol. The van der Waals surface area contributed by atoms with E-state index < -0.39 is 0 Å². The highest BCUT2D eigenvalue weighted by Crippen LogP contribution is 2.69. The van der Waals surface area contributed by atoms with Gasteiger partial charge >= 0.3 is 0 Å². The molecule has 151 valence electrons. The van der Waals surface area contributed by atoms with Gasteiger partial charge in [-0.25, -0.2) is 0 Å². The number of carbonyl (C=O) groups is 1. The van der Waals surface area contributed by atoms with Crippen molar-refractivity contribution in [2.45, 2.75) is 84.6 Å². The summed E-state index contributed by atoms with van der Waals surface area (Å²) in [5, 5.41) is 3.38. The fraction of sp³-hybridized carbons (Fsp3) is 0.708. The number of fused-ring (bicyclic) bond motifs is 1. The number of piperidine rings is 1. The van der Waals surface area contributed by atoms with E-state index in [4.69, 9.17) is 0 Å². The van der Waals surface area contributed by atoms with Crippen LogP contribution >= 0.6 is 0 Å². The molecule has 1 N–H and O–H groups in total. The first-order chi connectivity index (χ1) is 13.1. The smallest absolute Gasteiger partial charge is 0.229 e. The summed E-state index contributed by atoms with van der Waals surface area (Å²) in [7, 11) is 3.99. The van der Waals surface area contributed by atoms with E-state index in [9.17, 15) is 4.79 Å². The Morgan fingerprint density at radius 3 is 2.61 bits per heavy atom. The number of aryl methyl sites for hydroxylation is 1. The van der Waals surface area contributed by atoms with Gasteiger partial charge in [0.1, 0.15) is 0 Å². The van der Waals surface area contributed by atoms with Crippen molar-refractivity contribution in [3.63, 3.8) is 0 Å². The quantitative estimate of drug-likeness (QED) is 0.770. The van der Waals surface area contributed by atoms with Crippen LogP contribution in [0.5, 0.6) is 0 Å². The number of likely N-dealkylation sites (tertiary alicyclic amines) is 1. The number of nitrogens with one attached hydrogen (secondary N) is 1. The van der Waals surface area contributed by atoms with Crippen LogP contribution < -0.4 is 5.32 Å². The standard InChI is InChI=1S/C24H36BN2O/c1-15-8-9-17-14-19-23(5)11-10-18(26-21(28)25-6)22(3,4)24(23,12-13-27(19)7)20(17)16(15)2/h8-9,18-19H,10-14H2,1-7H3,(H,26,28)/t18?,19-,23?,24+/m1/s1. The third kappa shape index (κ3) is 2.30. The van der Waals surface area contributed by atoms with Crippen LogP contribution in [-0.4, -0.2) is 43.7 Å². The van der Waals surface area contributed by atoms with E-state index in [-0.39, 0.29) is 28.1 Å². The number of amides is 1. The molecule has 1 heterocycles. The number of nitrogens with zero attached hydrogens (tertiary/aromatic N) is 1. The third-order valence-electron chi connectivity index (χ3n) is 9.25. The summed E-state index contributed by atoms with van der Waals surface area (Å²) in [6, 6.07) is 5.48. The molecule has 2 aliphatic carbocycles. The van der Waals surface area contributed by atoms with E-state index in [1.807, 2.05) is 6.82 Å². The Bertz CT molecular complexity index is 819. The first-order valence-electron chi connectivity index (χ1n) is 11.0. The van der Waals surface area contributed by atoms with Crippen LogP contribution in [0.25, 0.3) is 0 Å². The molecule has 2 fully saturated rings. The zero-order valence-electron chi connectivity index (χ0n) is 18.8. The Balaban J connectivity index is 1.98. The van der Waals surface area contributed by atoms with Crippen molar-refractivity contribution in [2.75, 3.05) is 13.6 Å². The van der Waals surface area contributed by atoms with Gasteiger partial charge in [-0.05, 0) is 86.2 Å². The molecule has 0 spiro atoms. The van der Waals surface area contributed by atoms with Crippen LogP contribution in [-0.2, 0) is 11.8 Å². The highest BCUT2D eigenvalue weighted by atomic mass is 16.1. The lowest BCUT2D eigenvalue weighted by Crippen LogP contribution is -2.75. The van der Waals surface area contributed by atoms with E-state index in [1.165, 1.54) is 24.0 Å². The summed E-state index contributed by atoms with van der Waals surface area (Å²) in [4.78, 5) is 14.9. The molecule has 1 aromatic rings. The number of hydrogen-bond acceptors (Lipinski definition) is 2. The summed E-state index contributed by atoms with van der Waals surface area (Å²) in [5.41, 5.74) is 6.34. The van der Waals surface area contributed by atoms with E-state index >= 15 is 0 Å². The number of rotatable bonds is 2. The van der Waals surface area contributed by atoms with Crippen LogP contribution in [0.15, 0.2) is 12.1 Å². The number of benzene rings is 1. The summed E-state index contributed by atoms with van der Waals surface area (Å²) in [6.07, 6.45) is 4.56. The van der Waals surface area contributed by atoms with Gasteiger partial charge < -0.3 is 10.2 Å². The SMILES string of the molecule is C[B]C(=O)NC1CCC2(C)[C@H]3Cc4ccc(C)c(C)c4[C@@]2(CCN3C)C1(C)C. The number of carbonyl (C=O) groups excluding carboxylic acids is 1. The number of hydrogen-bond donors (Lipinski definition) is 1. The second kappa shape index (κ2) is 6.36. The monoisotopic (exact) mass is 379 g/mol. The van der Waals surface area contributed by atoms with E-state index in [2.05, 4.69) is 64.0 Å². The molecule has 3 aliphatic rings. The molecule has 4 rings (SSSR count). The molecule has 1 radical (unpaired) electrons. The fourth-order valence-corrected chi connectivity index (χ4v) is 7.56. The zero-order chi connectivity index (χ0) is 20.5. The van der Waals surface area contributed by atoms with Crippen LogP contribution in [0, 0.1) is 24.7 Å². The van der Waals surface area contributed by atoms with Crippen LogP contribution in [0.3, 0.4) is 0 Å². The molecule has 1 aliphatic heterocycles. The molecule has 1 saturated heterocycles. The van der Waals surface area contributed by atoms with Gasteiger partial charge in [0.05, 0.1) is 0 Å². The summed E-state index contributed by atoms with van der Waals surface area (Å²) in [5.74, 6) is 0.0690. The molecule has 0 aromatic heterocycles. The van der Waals surface area contributed by atoms with Gasteiger partial charge in [-0.2, -0.15) is 0 Å². The normalized spacial score (nSPS) is 36.2. The summed E-state index contributed by atoms with van der Waals surface area (Å²) in [6.45, 7) is 15.0. The van der Waals surface area contributed by atoms with Gasteiger partial charge in [0.15, 0.2) is 5.81 Å². The fourth-order valence-electron chi connectivity index (χ4n) is 7.56. The third-order valence-corrected chi connectivity index (χ3v) is 9.25. The van der Waals surface area contributed by atoms with Crippen molar-refractivity contribution in [1.82, 2.24) is 10.2 Å². The number of likely N-dealkylation sites (N-methyl/N-ethyl adjacent to an activating group) is 1. The molecular weight excluding hydrogens is 343 g/mol. The van der Waals surface area contributed by atoms with Crippen molar-refractivity contribution in [3.05, 3.63) is 34.4 Å². The minimum atomic E-state index is -0.00803. The average Bonchev–Trinajstić information content (AvgIpc) is 2.64. The second-order valence-electron chi connectivity index (χ2n) is 10.4. The largest absolute Gasteiger partial charge is 0.362 e. The lowest BCUT2D eigenvalue weighted by Gasteiger charge is -2.72. The first-order valence-corrected chi connectivity index (χ1v) is 11.0. The lowest BCUT2D eigenvalue weighted by molar-refractivity contribution is -0.144. The van der Waals surface area contributed by atoms with Crippen LogP contribution in [0.4, 0.5) is 4.79 Å². The molecular formula is C24H36BN2O. The maximum atomic E-state index is 12.3. The molecule has 4 heteroatoms. The maximum Gasteiger partial charge on any atom is 0.229 e.